The van der Waals surface area contributed by atoms with Crippen molar-refractivity contribution in [2.75, 3.05) is 6.54 Å². The van der Waals surface area contributed by atoms with E-state index in [9.17, 15) is 0 Å². The van der Waals surface area contributed by atoms with E-state index in [2.05, 4.69) is 12.1 Å². The van der Waals surface area contributed by atoms with Crippen LogP contribution in [0.4, 0.5) is 0 Å². The predicted molar refractivity (Wildman–Crippen MR) is 75.8 cm³/mol. The molecular weight excluding hydrogens is 246 g/mol. The van der Waals surface area contributed by atoms with Crippen molar-refractivity contribution in [3.05, 3.63) is 34.3 Å². The van der Waals surface area contributed by atoms with Gasteiger partial charge in [-0.3, -0.25) is 0 Å². The van der Waals surface area contributed by atoms with E-state index in [0.717, 1.165) is 23.6 Å². The Kier molecular flexibility index (Phi) is 5.04. The Bertz CT molecular complexity index is 394. The molecule has 2 N–H and O–H groups in total. The number of rotatable bonds is 4. The second-order valence-corrected chi connectivity index (χ2v) is 5.63. The van der Waals surface area contributed by atoms with Crippen molar-refractivity contribution in [1.82, 2.24) is 0 Å². The van der Waals surface area contributed by atoms with Gasteiger partial charge in [-0.05, 0) is 49.4 Å². The molecule has 1 aliphatic rings. The van der Waals surface area contributed by atoms with Crippen LogP contribution in [-0.4, -0.2) is 12.6 Å². The summed E-state index contributed by atoms with van der Waals surface area (Å²) in [6, 6.07) is 6.12. The van der Waals surface area contributed by atoms with E-state index in [4.69, 9.17) is 22.1 Å². The minimum atomic E-state index is 0.307. The highest BCUT2D eigenvalue weighted by atomic mass is 35.5. The van der Waals surface area contributed by atoms with Crippen molar-refractivity contribution in [2.45, 2.75) is 45.3 Å². The van der Waals surface area contributed by atoms with Crippen molar-refractivity contribution in [3.63, 3.8) is 0 Å². The second-order valence-electron chi connectivity index (χ2n) is 5.22. The first-order chi connectivity index (χ1) is 8.70. The van der Waals surface area contributed by atoms with Crippen LogP contribution >= 0.6 is 11.6 Å². The Morgan fingerprint density at radius 2 is 2.11 bits per heavy atom. The molecule has 2 unspecified atom stereocenters. The lowest BCUT2D eigenvalue weighted by Gasteiger charge is -2.30. The third-order valence-corrected chi connectivity index (χ3v) is 4.16. The third-order valence-electron chi connectivity index (χ3n) is 3.80. The Hall–Kier alpha value is -0.570. The van der Waals surface area contributed by atoms with Gasteiger partial charge < -0.3 is 10.5 Å². The number of halogens is 1. The van der Waals surface area contributed by atoms with E-state index >= 15 is 0 Å². The van der Waals surface area contributed by atoms with Crippen LogP contribution in [0.5, 0.6) is 0 Å². The summed E-state index contributed by atoms with van der Waals surface area (Å²) in [6.07, 6.45) is 5.17. The first kappa shape index (κ1) is 13.9. The maximum absolute atomic E-state index is 6.21. The summed E-state index contributed by atoms with van der Waals surface area (Å²) in [4.78, 5) is 0. The molecular formula is C15H22ClNO. The largest absolute Gasteiger partial charge is 0.373 e. The zero-order valence-electron chi connectivity index (χ0n) is 11.0. The van der Waals surface area contributed by atoms with Gasteiger partial charge in [0.2, 0.25) is 0 Å². The molecule has 3 heteroatoms. The van der Waals surface area contributed by atoms with E-state index in [1.165, 1.54) is 24.8 Å². The highest BCUT2D eigenvalue weighted by Gasteiger charge is 2.24. The van der Waals surface area contributed by atoms with Crippen LogP contribution in [0, 0.1) is 12.8 Å². The smallest absolute Gasteiger partial charge is 0.0735 e. The molecule has 0 aliphatic heterocycles. The zero-order chi connectivity index (χ0) is 13.0. The lowest BCUT2D eigenvalue weighted by Crippen LogP contribution is -2.33. The Morgan fingerprint density at radius 1 is 1.33 bits per heavy atom. The third kappa shape index (κ3) is 3.47. The summed E-state index contributed by atoms with van der Waals surface area (Å²) < 4.78 is 6.03. The minimum Gasteiger partial charge on any atom is -0.373 e. The van der Waals surface area contributed by atoms with Crippen LogP contribution in [0.2, 0.25) is 5.02 Å². The first-order valence-corrected chi connectivity index (χ1v) is 7.15. The fourth-order valence-corrected chi connectivity index (χ4v) is 2.92. The average molecular weight is 268 g/mol. The number of hydrogen-bond donors (Lipinski definition) is 1. The van der Waals surface area contributed by atoms with E-state index in [1.807, 2.05) is 13.0 Å². The minimum absolute atomic E-state index is 0.307. The molecule has 2 nitrogen and oxygen atoms in total. The molecule has 0 amide bonds. The van der Waals surface area contributed by atoms with Crippen molar-refractivity contribution in [2.24, 2.45) is 11.7 Å². The normalized spacial score (nSPS) is 24.2. The summed E-state index contributed by atoms with van der Waals surface area (Å²) in [6.45, 7) is 3.37. The molecule has 1 fully saturated rings. The molecule has 0 aromatic heterocycles. The summed E-state index contributed by atoms with van der Waals surface area (Å²) in [5, 5.41) is 0.801. The van der Waals surface area contributed by atoms with Crippen LogP contribution in [0.1, 0.15) is 36.8 Å². The standard InChI is InChI=1S/C15H22ClNO/c1-11-6-7-13(14(16)8-11)10-18-15-5-3-2-4-12(15)9-17/h6-8,12,15H,2-5,9-10,17H2,1H3. The molecule has 2 rings (SSSR count). The molecule has 2 atom stereocenters. The Labute approximate surface area is 114 Å². The van der Waals surface area contributed by atoms with Crippen molar-refractivity contribution < 1.29 is 4.74 Å². The maximum Gasteiger partial charge on any atom is 0.0735 e. The van der Waals surface area contributed by atoms with Gasteiger partial charge in [0.05, 0.1) is 12.7 Å². The van der Waals surface area contributed by atoms with Crippen LogP contribution in [-0.2, 0) is 11.3 Å². The summed E-state index contributed by atoms with van der Waals surface area (Å²) in [5.74, 6) is 0.517. The number of benzene rings is 1. The highest BCUT2D eigenvalue weighted by Crippen LogP contribution is 2.28. The first-order valence-electron chi connectivity index (χ1n) is 6.77. The molecule has 18 heavy (non-hydrogen) atoms. The molecule has 0 bridgehead atoms. The van der Waals surface area contributed by atoms with E-state index in [-0.39, 0.29) is 0 Å². The average Bonchev–Trinajstić information content (AvgIpc) is 2.38. The van der Waals surface area contributed by atoms with Gasteiger partial charge in [-0.15, -0.1) is 0 Å². The van der Waals surface area contributed by atoms with Gasteiger partial charge >= 0.3 is 0 Å². The van der Waals surface area contributed by atoms with Gasteiger partial charge in [0, 0.05) is 5.02 Å². The van der Waals surface area contributed by atoms with E-state index in [0.29, 0.717) is 18.6 Å². The lowest BCUT2D eigenvalue weighted by molar-refractivity contribution is -0.0182. The fraction of sp³-hybridized carbons (Fsp3) is 0.600. The Morgan fingerprint density at radius 3 is 2.83 bits per heavy atom. The second kappa shape index (κ2) is 6.55. The maximum atomic E-state index is 6.21. The van der Waals surface area contributed by atoms with Crippen molar-refractivity contribution >= 4 is 11.6 Å². The van der Waals surface area contributed by atoms with Crippen LogP contribution in [0.25, 0.3) is 0 Å². The molecule has 1 aliphatic carbocycles. The van der Waals surface area contributed by atoms with Gasteiger partial charge in [-0.2, -0.15) is 0 Å². The van der Waals surface area contributed by atoms with Crippen LogP contribution in [0.3, 0.4) is 0 Å². The molecule has 1 aromatic carbocycles. The molecule has 1 saturated carbocycles. The highest BCUT2D eigenvalue weighted by molar-refractivity contribution is 6.31. The van der Waals surface area contributed by atoms with Crippen LogP contribution < -0.4 is 5.73 Å². The number of aryl methyl sites for hydroxylation is 1. The predicted octanol–water partition coefficient (Wildman–Crippen LogP) is 3.68. The van der Waals surface area contributed by atoms with Crippen molar-refractivity contribution in [3.8, 4) is 0 Å². The molecule has 100 valence electrons. The van der Waals surface area contributed by atoms with Gasteiger partial charge in [0.25, 0.3) is 0 Å². The summed E-state index contributed by atoms with van der Waals surface area (Å²) in [7, 11) is 0. The van der Waals surface area contributed by atoms with Gasteiger partial charge in [0.1, 0.15) is 0 Å². The number of ether oxygens (including phenoxy) is 1. The van der Waals surface area contributed by atoms with E-state index < -0.39 is 0 Å². The SMILES string of the molecule is Cc1ccc(COC2CCCCC2CN)c(Cl)c1. The molecule has 0 heterocycles. The fourth-order valence-electron chi connectivity index (χ4n) is 2.63. The van der Waals surface area contributed by atoms with Crippen molar-refractivity contribution in [1.29, 1.82) is 0 Å². The van der Waals surface area contributed by atoms with Gasteiger partial charge in [-0.1, -0.05) is 36.6 Å². The van der Waals surface area contributed by atoms with Crippen LogP contribution in [0.15, 0.2) is 18.2 Å². The summed E-state index contributed by atoms with van der Waals surface area (Å²) >= 11 is 6.21. The quantitative estimate of drug-likeness (QED) is 0.903. The monoisotopic (exact) mass is 267 g/mol. The molecule has 0 saturated heterocycles. The Balaban J connectivity index is 1.93. The topological polar surface area (TPSA) is 35.2 Å². The van der Waals surface area contributed by atoms with Gasteiger partial charge in [0.15, 0.2) is 0 Å². The number of hydrogen-bond acceptors (Lipinski definition) is 2. The van der Waals surface area contributed by atoms with E-state index in [1.54, 1.807) is 0 Å². The molecule has 0 spiro atoms. The zero-order valence-corrected chi connectivity index (χ0v) is 11.7. The summed E-state index contributed by atoms with van der Waals surface area (Å²) in [5.41, 5.74) is 8.06. The molecule has 1 aromatic rings. The van der Waals surface area contributed by atoms with Gasteiger partial charge in [-0.25, -0.2) is 0 Å². The molecule has 0 radical (unpaired) electrons. The lowest BCUT2D eigenvalue weighted by atomic mass is 9.86. The number of nitrogens with two attached hydrogens (primary N) is 1.